The molecule has 0 spiro atoms. The molecule has 4 aromatic rings. The van der Waals surface area contributed by atoms with Gasteiger partial charge in [-0.3, -0.25) is 4.79 Å². The standard InChI is InChI=1S/C32H38N4O3/c1-5-18-36(32(38)34-31-23(2)9-8-10-24(31)3)22-30(37)35(21-25-13-15-27(39-4)16-14-25)19-17-26-20-33-29-12-7-6-11-28(26)29/h6-16,20,33H,5,17-19,21-22H2,1-4H3,(H,34,38). The third-order valence-electron chi connectivity index (χ3n) is 7.03. The number of amides is 3. The maximum atomic E-state index is 13.7. The van der Waals surface area contributed by atoms with Crippen molar-refractivity contribution in [3.63, 3.8) is 0 Å². The number of hydrogen-bond acceptors (Lipinski definition) is 3. The van der Waals surface area contributed by atoms with Crippen LogP contribution in [0.1, 0.15) is 35.6 Å². The van der Waals surface area contributed by atoms with Crippen LogP contribution < -0.4 is 10.1 Å². The van der Waals surface area contributed by atoms with E-state index in [4.69, 9.17) is 4.74 Å². The third-order valence-corrected chi connectivity index (χ3v) is 7.03. The normalized spacial score (nSPS) is 10.9. The number of urea groups is 1. The second-order valence-electron chi connectivity index (χ2n) is 9.89. The van der Waals surface area contributed by atoms with E-state index < -0.39 is 0 Å². The van der Waals surface area contributed by atoms with Crippen LogP contribution in [0, 0.1) is 13.8 Å². The highest BCUT2D eigenvalue weighted by molar-refractivity contribution is 5.93. The SMILES string of the molecule is CCCN(CC(=O)N(CCc1c[nH]c2ccccc12)Cc1ccc(OC)cc1)C(=O)Nc1c(C)cccc1C. The van der Waals surface area contributed by atoms with Crippen LogP contribution in [-0.2, 0) is 17.8 Å². The molecule has 0 aliphatic carbocycles. The van der Waals surface area contributed by atoms with Crippen LogP contribution in [0.25, 0.3) is 10.9 Å². The van der Waals surface area contributed by atoms with Crippen LogP contribution in [0.15, 0.2) is 72.9 Å². The Bertz CT molecular complexity index is 1390. The number of rotatable bonds is 11. The van der Waals surface area contributed by atoms with Gasteiger partial charge in [-0.1, -0.05) is 55.5 Å². The molecular weight excluding hydrogens is 488 g/mol. The van der Waals surface area contributed by atoms with E-state index in [1.165, 1.54) is 0 Å². The van der Waals surface area contributed by atoms with Crippen LogP contribution in [0.4, 0.5) is 10.5 Å². The van der Waals surface area contributed by atoms with Crippen LogP contribution in [0.3, 0.4) is 0 Å². The number of aryl methyl sites for hydroxylation is 2. The molecule has 0 bridgehead atoms. The fourth-order valence-electron chi connectivity index (χ4n) is 4.82. The van der Waals surface area contributed by atoms with E-state index in [1.807, 2.05) is 86.5 Å². The van der Waals surface area contributed by atoms with Crippen LogP contribution in [0.2, 0.25) is 0 Å². The van der Waals surface area contributed by atoms with Gasteiger partial charge < -0.3 is 24.8 Å². The summed E-state index contributed by atoms with van der Waals surface area (Å²) in [7, 11) is 1.64. The summed E-state index contributed by atoms with van der Waals surface area (Å²) in [6, 6.07) is 21.6. The molecule has 0 aliphatic rings. The molecule has 0 saturated carbocycles. The largest absolute Gasteiger partial charge is 0.497 e. The van der Waals surface area contributed by atoms with Crippen molar-refractivity contribution in [3.05, 3.63) is 95.2 Å². The lowest BCUT2D eigenvalue weighted by molar-refractivity contribution is -0.132. The molecular formula is C32H38N4O3. The van der Waals surface area contributed by atoms with Crippen molar-refractivity contribution in [3.8, 4) is 5.75 Å². The lowest BCUT2D eigenvalue weighted by Crippen LogP contribution is -2.45. The summed E-state index contributed by atoms with van der Waals surface area (Å²) < 4.78 is 5.30. The average molecular weight is 527 g/mol. The molecule has 1 heterocycles. The number of aromatic nitrogens is 1. The number of para-hydroxylation sites is 2. The van der Waals surface area contributed by atoms with Crippen molar-refractivity contribution in [1.29, 1.82) is 0 Å². The summed E-state index contributed by atoms with van der Waals surface area (Å²) in [6.45, 7) is 7.43. The summed E-state index contributed by atoms with van der Waals surface area (Å²) in [4.78, 5) is 33.8. The zero-order valence-electron chi connectivity index (χ0n) is 23.3. The van der Waals surface area contributed by atoms with Gasteiger partial charge in [-0.05, 0) is 67.1 Å². The summed E-state index contributed by atoms with van der Waals surface area (Å²) in [5.41, 5.74) is 6.03. The number of nitrogens with zero attached hydrogens (tertiary/aromatic N) is 2. The molecule has 0 aliphatic heterocycles. The van der Waals surface area contributed by atoms with Gasteiger partial charge >= 0.3 is 6.03 Å². The average Bonchev–Trinajstić information content (AvgIpc) is 3.36. The molecule has 39 heavy (non-hydrogen) atoms. The quantitative estimate of drug-likeness (QED) is 0.240. The summed E-state index contributed by atoms with van der Waals surface area (Å²) in [5.74, 6) is 0.684. The van der Waals surface area contributed by atoms with Gasteiger partial charge in [-0.2, -0.15) is 0 Å². The lowest BCUT2D eigenvalue weighted by Gasteiger charge is -2.28. The predicted octanol–water partition coefficient (Wildman–Crippen LogP) is 6.31. The first-order valence-corrected chi connectivity index (χ1v) is 13.5. The number of hydrogen-bond donors (Lipinski definition) is 2. The molecule has 2 N–H and O–H groups in total. The summed E-state index contributed by atoms with van der Waals surface area (Å²) in [6.07, 6.45) is 3.47. The number of aromatic amines is 1. The van der Waals surface area contributed by atoms with E-state index in [-0.39, 0.29) is 18.5 Å². The Morgan fingerprint density at radius 1 is 0.897 bits per heavy atom. The predicted molar refractivity (Wildman–Crippen MR) is 157 cm³/mol. The minimum absolute atomic E-state index is 0.00857. The van der Waals surface area contributed by atoms with E-state index in [9.17, 15) is 9.59 Å². The first kappa shape index (κ1) is 27.8. The number of fused-ring (bicyclic) bond motifs is 1. The Labute approximate surface area is 230 Å². The molecule has 0 unspecified atom stereocenters. The molecule has 3 amide bonds. The molecule has 204 valence electrons. The van der Waals surface area contributed by atoms with Crippen molar-refractivity contribution in [2.24, 2.45) is 0 Å². The van der Waals surface area contributed by atoms with E-state index in [1.54, 1.807) is 12.0 Å². The number of nitrogens with one attached hydrogen (secondary N) is 2. The fourth-order valence-corrected chi connectivity index (χ4v) is 4.82. The summed E-state index contributed by atoms with van der Waals surface area (Å²) in [5, 5.41) is 4.20. The number of ether oxygens (including phenoxy) is 1. The molecule has 0 atom stereocenters. The lowest BCUT2D eigenvalue weighted by atomic mass is 10.1. The first-order valence-electron chi connectivity index (χ1n) is 13.5. The number of benzene rings is 3. The number of carbonyl (C=O) groups is 2. The maximum absolute atomic E-state index is 13.7. The van der Waals surface area contributed by atoms with Gasteiger partial charge in [-0.25, -0.2) is 4.79 Å². The zero-order valence-corrected chi connectivity index (χ0v) is 23.3. The molecule has 4 rings (SSSR count). The summed E-state index contributed by atoms with van der Waals surface area (Å²) >= 11 is 0. The van der Waals surface area contributed by atoms with E-state index in [0.717, 1.165) is 51.0 Å². The molecule has 1 aromatic heterocycles. The van der Waals surface area contributed by atoms with Crippen LogP contribution in [-0.4, -0.2) is 53.5 Å². The highest BCUT2D eigenvalue weighted by Crippen LogP contribution is 2.21. The minimum atomic E-state index is -0.261. The molecule has 7 heteroatoms. The van der Waals surface area contributed by atoms with E-state index in [0.29, 0.717) is 26.1 Å². The van der Waals surface area contributed by atoms with Gasteiger partial charge in [0.1, 0.15) is 12.3 Å². The van der Waals surface area contributed by atoms with Gasteiger partial charge in [0, 0.05) is 42.4 Å². The second kappa shape index (κ2) is 13.0. The van der Waals surface area contributed by atoms with E-state index >= 15 is 0 Å². The van der Waals surface area contributed by atoms with Crippen molar-refractivity contribution >= 4 is 28.5 Å². The topological polar surface area (TPSA) is 77.7 Å². The van der Waals surface area contributed by atoms with Crippen molar-refractivity contribution in [2.45, 2.75) is 40.2 Å². The van der Waals surface area contributed by atoms with Gasteiger partial charge in [0.05, 0.1) is 7.11 Å². The van der Waals surface area contributed by atoms with Crippen molar-refractivity contribution in [1.82, 2.24) is 14.8 Å². The van der Waals surface area contributed by atoms with Gasteiger partial charge in [0.2, 0.25) is 5.91 Å². The second-order valence-corrected chi connectivity index (χ2v) is 9.89. The van der Waals surface area contributed by atoms with Crippen molar-refractivity contribution < 1.29 is 14.3 Å². The monoisotopic (exact) mass is 526 g/mol. The number of methoxy groups -OCH3 is 1. The van der Waals surface area contributed by atoms with Gasteiger partial charge in [0.25, 0.3) is 0 Å². The fraction of sp³-hybridized carbons (Fsp3) is 0.312. The Balaban J connectivity index is 1.52. The molecule has 3 aromatic carbocycles. The van der Waals surface area contributed by atoms with Crippen molar-refractivity contribution in [2.75, 3.05) is 32.1 Å². The molecule has 7 nitrogen and oxygen atoms in total. The molecule has 0 radical (unpaired) electrons. The van der Waals surface area contributed by atoms with Gasteiger partial charge in [0.15, 0.2) is 0 Å². The minimum Gasteiger partial charge on any atom is -0.497 e. The number of H-pyrrole nitrogens is 1. The smallest absolute Gasteiger partial charge is 0.322 e. The highest BCUT2D eigenvalue weighted by Gasteiger charge is 2.22. The van der Waals surface area contributed by atoms with E-state index in [2.05, 4.69) is 22.4 Å². The maximum Gasteiger partial charge on any atom is 0.322 e. The van der Waals surface area contributed by atoms with Crippen LogP contribution >= 0.6 is 0 Å². The Kier molecular flexibility index (Phi) is 9.26. The highest BCUT2D eigenvalue weighted by atomic mass is 16.5. The Morgan fingerprint density at radius 2 is 1.62 bits per heavy atom. The number of anilines is 1. The molecule has 0 fully saturated rings. The van der Waals surface area contributed by atoms with Gasteiger partial charge in [-0.15, -0.1) is 0 Å². The Hall–Kier alpha value is -4.26. The zero-order chi connectivity index (χ0) is 27.8. The Morgan fingerprint density at radius 3 is 2.31 bits per heavy atom. The first-order chi connectivity index (χ1) is 18.9. The number of carbonyl (C=O) groups excluding carboxylic acids is 2. The van der Waals surface area contributed by atoms with Crippen LogP contribution in [0.5, 0.6) is 5.75 Å². The molecule has 0 saturated heterocycles. The third kappa shape index (κ3) is 6.99.